The molecule has 1 aromatic heterocycles. The summed E-state index contributed by atoms with van der Waals surface area (Å²) in [4.78, 5) is 29.7. The number of aromatic nitrogens is 6. The lowest BCUT2D eigenvalue weighted by atomic mass is 10.1. The lowest BCUT2D eigenvalue weighted by Crippen LogP contribution is -2.19. The second-order valence-electron chi connectivity index (χ2n) is 7.27. The van der Waals surface area contributed by atoms with E-state index in [1.165, 1.54) is 12.8 Å². The van der Waals surface area contributed by atoms with Gasteiger partial charge in [-0.3, -0.25) is 14.6 Å². The van der Waals surface area contributed by atoms with Gasteiger partial charge in [0.1, 0.15) is 17.2 Å². The van der Waals surface area contributed by atoms with Crippen molar-refractivity contribution in [2.24, 2.45) is 0 Å². The van der Waals surface area contributed by atoms with E-state index in [1.54, 1.807) is 0 Å². The SMILES string of the molecule is CCc1[nH]n(C2CCCC2)c2nc(Cc3nc4ccccc4[nH]3)nc(=O)c1-2. The standard InChI is InChI=1S/C20H22N6O/c1-2-13-18-19(26(25-13)12-7-3-4-8-12)23-17(24-20(18)27)11-16-21-14-9-5-6-10-15(14)22-16/h5-6,9-10,12,25H,2-4,7-8,11H2,1H3,(H,21,22). The van der Waals surface area contributed by atoms with Gasteiger partial charge in [0, 0.05) is 5.69 Å². The molecule has 1 aromatic carbocycles. The van der Waals surface area contributed by atoms with E-state index in [-0.39, 0.29) is 5.56 Å². The highest BCUT2D eigenvalue weighted by Crippen LogP contribution is 2.33. The maximum Gasteiger partial charge on any atom is 0.284 e. The van der Waals surface area contributed by atoms with Gasteiger partial charge < -0.3 is 4.98 Å². The normalized spacial score (nSPS) is 15.3. The highest BCUT2D eigenvalue weighted by Gasteiger charge is 2.27. The smallest absolute Gasteiger partial charge is 0.284 e. The number of nitrogens with one attached hydrogen (secondary N) is 2. The van der Waals surface area contributed by atoms with Crippen LogP contribution in [-0.4, -0.2) is 29.7 Å². The molecule has 0 radical (unpaired) electrons. The first-order valence-corrected chi connectivity index (χ1v) is 9.66. The molecule has 1 fully saturated rings. The van der Waals surface area contributed by atoms with Crippen LogP contribution in [0.1, 0.15) is 56.0 Å². The van der Waals surface area contributed by atoms with E-state index < -0.39 is 0 Å². The van der Waals surface area contributed by atoms with E-state index in [9.17, 15) is 4.79 Å². The van der Waals surface area contributed by atoms with Crippen LogP contribution in [0.4, 0.5) is 0 Å². The Morgan fingerprint density at radius 3 is 2.74 bits per heavy atom. The number of H-pyrrole nitrogens is 2. The molecular formula is C20H22N6O. The summed E-state index contributed by atoms with van der Waals surface area (Å²) in [5, 5.41) is 3.43. The van der Waals surface area contributed by atoms with Crippen molar-refractivity contribution in [2.75, 3.05) is 0 Å². The summed E-state index contributed by atoms with van der Waals surface area (Å²) in [6, 6.07) is 8.27. The third-order valence-electron chi connectivity index (χ3n) is 5.50. The molecule has 7 nitrogen and oxygen atoms in total. The van der Waals surface area contributed by atoms with Crippen molar-refractivity contribution in [3.63, 3.8) is 0 Å². The minimum atomic E-state index is -0.198. The second kappa shape index (κ2) is 6.33. The molecule has 0 unspecified atom stereocenters. The number of hydrogen-bond acceptors (Lipinski definition) is 4. The summed E-state index contributed by atoms with van der Waals surface area (Å²) in [6.45, 7) is 2.05. The number of hydrogen-bond donors (Lipinski definition) is 2. The summed E-state index contributed by atoms with van der Waals surface area (Å²) >= 11 is 0. The van der Waals surface area contributed by atoms with E-state index in [0.717, 1.165) is 47.6 Å². The molecule has 2 aromatic rings. The summed E-state index contributed by atoms with van der Waals surface area (Å²) < 4.78 is 2.10. The Bertz CT molecular complexity index is 1100. The Labute approximate surface area is 156 Å². The Morgan fingerprint density at radius 1 is 1.15 bits per heavy atom. The number of aromatic amines is 2. The fourth-order valence-electron chi connectivity index (χ4n) is 4.17. The first-order chi connectivity index (χ1) is 13.2. The zero-order valence-corrected chi connectivity index (χ0v) is 15.3. The highest BCUT2D eigenvalue weighted by atomic mass is 16.1. The van der Waals surface area contributed by atoms with Crippen LogP contribution in [-0.2, 0) is 12.8 Å². The zero-order chi connectivity index (χ0) is 18.4. The van der Waals surface area contributed by atoms with Gasteiger partial charge >= 0.3 is 0 Å². The molecule has 27 heavy (non-hydrogen) atoms. The van der Waals surface area contributed by atoms with Crippen molar-refractivity contribution >= 4 is 11.0 Å². The number of para-hydroxylation sites is 2. The van der Waals surface area contributed by atoms with E-state index in [4.69, 9.17) is 4.98 Å². The van der Waals surface area contributed by atoms with Crippen LogP contribution >= 0.6 is 0 Å². The first-order valence-electron chi connectivity index (χ1n) is 9.66. The molecular weight excluding hydrogens is 340 g/mol. The summed E-state index contributed by atoms with van der Waals surface area (Å²) in [7, 11) is 0. The number of aryl methyl sites for hydroxylation is 1. The van der Waals surface area contributed by atoms with Crippen molar-refractivity contribution in [1.82, 2.24) is 29.7 Å². The molecule has 138 valence electrons. The van der Waals surface area contributed by atoms with E-state index in [2.05, 4.69) is 24.7 Å². The lowest BCUT2D eigenvalue weighted by Gasteiger charge is -2.13. The van der Waals surface area contributed by atoms with Gasteiger partial charge in [0.2, 0.25) is 0 Å². The molecule has 1 saturated carbocycles. The van der Waals surface area contributed by atoms with Crippen molar-refractivity contribution in [1.29, 1.82) is 0 Å². The molecule has 7 heteroatoms. The fourth-order valence-corrected chi connectivity index (χ4v) is 4.17. The molecule has 3 heterocycles. The quantitative estimate of drug-likeness (QED) is 0.583. The Hall–Kier alpha value is -2.96. The lowest BCUT2D eigenvalue weighted by molar-refractivity contribution is 0.464. The van der Waals surface area contributed by atoms with Gasteiger partial charge in [-0.25, -0.2) is 9.97 Å². The zero-order valence-electron chi connectivity index (χ0n) is 15.3. The van der Waals surface area contributed by atoms with Crippen molar-refractivity contribution in [2.45, 2.75) is 51.5 Å². The predicted octanol–water partition coefficient (Wildman–Crippen LogP) is 3.22. The Morgan fingerprint density at radius 2 is 1.96 bits per heavy atom. The third kappa shape index (κ3) is 2.74. The number of fused-ring (bicyclic) bond motifs is 2. The largest absolute Gasteiger partial charge is 0.342 e. The van der Waals surface area contributed by atoms with Gasteiger partial charge in [0.05, 0.1) is 23.5 Å². The summed E-state index contributed by atoms with van der Waals surface area (Å²) in [5.74, 6) is 2.03. The second-order valence-corrected chi connectivity index (χ2v) is 7.27. The van der Waals surface area contributed by atoms with Crippen LogP contribution in [0.15, 0.2) is 29.1 Å². The monoisotopic (exact) mass is 362 g/mol. The molecule has 5 rings (SSSR count). The molecule has 0 bridgehead atoms. The average Bonchev–Trinajstić information content (AvgIpc) is 3.39. The molecule has 2 aliphatic heterocycles. The molecule has 2 N–H and O–H groups in total. The van der Waals surface area contributed by atoms with Gasteiger partial charge in [0.15, 0.2) is 5.82 Å². The van der Waals surface area contributed by atoms with Crippen molar-refractivity contribution in [3.05, 3.63) is 52.0 Å². The number of benzene rings is 1. The van der Waals surface area contributed by atoms with Crippen LogP contribution in [0.5, 0.6) is 0 Å². The molecule has 0 saturated heterocycles. The van der Waals surface area contributed by atoms with Crippen LogP contribution < -0.4 is 5.56 Å². The number of imidazole rings is 1. The van der Waals surface area contributed by atoms with Crippen molar-refractivity contribution < 1.29 is 0 Å². The van der Waals surface area contributed by atoms with Crippen molar-refractivity contribution in [3.8, 4) is 11.4 Å². The van der Waals surface area contributed by atoms with Gasteiger partial charge in [-0.1, -0.05) is 31.9 Å². The topological polar surface area (TPSA) is 92.2 Å². The van der Waals surface area contributed by atoms with E-state index in [1.807, 2.05) is 31.2 Å². The van der Waals surface area contributed by atoms with E-state index >= 15 is 0 Å². The van der Waals surface area contributed by atoms with Crippen LogP contribution in [0.3, 0.4) is 0 Å². The van der Waals surface area contributed by atoms with Crippen LogP contribution in [0, 0.1) is 0 Å². The molecule has 3 aliphatic rings. The average molecular weight is 362 g/mol. The minimum absolute atomic E-state index is 0.198. The van der Waals surface area contributed by atoms with Gasteiger partial charge in [-0.05, 0) is 31.4 Å². The molecule has 0 amide bonds. The third-order valence-corrected chi connectivity index (χ3v) is 5.50. The van der Waals surface area contributed by atoms with E-state index in [0.29, 0.717) is 23.9 Å². The van der Waals surface area contributed by atoms with Crippen LogP contribution in [0.25, 0.3) is 22.4 Å². The maximum absolute atomic E-state index is 12.8. The maximum atomic E-state index is 12.8. The summed E-state index contributed by atoms with van der Waals surface area (Å²) in [5.41, 5.74) is 3.25. The van der Waals surface area contributed by atoms with Gasteiger partial charge in [0.25, 0.3) is 5.56 Å². The Balaban J connectivity index is 1.59. The number of rotatable bonds is 4. The van der Waals surface area contributed by atoms with Crippen LogP contribution in [0.2, 0.25) is 0 Å². The summed E-state index contributed by atoms with van der Waals surface area (Å²) in [6.07, 6.45) is 5.87. The predicted molar refractivity (Wildman–Crippen MR) is 103 cm³/mol. The molecule has 1 aliphatic carbocycles. The molecule has 0 atom stereocenters. The fraction of sp³-hybridized carbons (Fsp3) is 0.400. The minimum Gasteiger partial charge on any atom is -0.342 e. The van der Waals surface area contributed by atoms with Gasteiger partial charge in [-0.15, -0.1) is 0 Å². The number of nitrogens with zero attached hydrogens (tertiary/aromatic N) is 4. The molecule has 0 spiro atoms. The Kier molecular flexibility index (Phi) is 3.81. The van der Waals surface area contributed by atoms with Gasteiger partial charge in [-0.2, -0.15) is 4.98 Å². The first kappa shape index (κ1) is 16.2. The highest BCUT2D eigenvalue weighted by molar-refractivity contribution is 5.74.